The number of carbonyl (C=O) groups excluding carboxylic acids is 3. The fraction of sp³-hybridized carbons (Fsp3) is 0.182. The minimum absolute atomic E-state index is 0.215. The van der Waals surface area contributed by atoms with E-state index in [1.54, 1.807) is 50.4 Å². The smallest absolute Gasteiger partial charge is 0.338 e. The van der Waals surface area contributed by atoms with Crippen LogP contribution in [0.15, 0.2) is 53.4 Å². The van der Waals surface area contributed by atoms with Crippen molar-refractivity contribution in [2.24, 2.45) is 0 Å². The van der Waals surface area contributed by atoms with Crippen molar-refractivity contribution in [3.8, 4) is 5.75 Å². The van der Waals surface area contributed by atoms with Crippen molar-refractivity contribution in [1.82, 2.24) is 4.90 Å². The zero-order chi connectivity index (χ0) is 22.4. The van der Waals surface area contributed by atoms with Gasteiger partial charge in [-0.25, -0.2) is 4.79 Å². The van der Waals surface area contributed by atoms with E-state index in [0.29, 0.717) is 26.2 Å². The molecule has 31 heavy (non-hydrogen) atoms. The first-order valence-corrected chi connectivity index (χ1v) is 10.6. The Morgan fingerprint density at radius 2 is 1.87 bits per heavy atom. The highest BCUT2D eigenvalue weighted by Crippen LogP contribution is 2.34. The summed E-state index contributed by atoms with van der Waals surface area (Å²) in [5, 5.41) is 2.70. The maximum atomic E-state index is 12.8. The molecule has 0 spiro atoms. The molecule has 1 N–H and O–H groups in total. The van der Waals surface area contributed by atoms with Gasteiger partial charge >= 0.3 is 5.97 Å². The number of amides is 2. The Hall–Kier alpha value is -3.17. The predicted molar refractivity (Wildman–Crippen MR) is 124 cm³/mol. The summed E-state index contributed by atoms with van der Waals surface area (Å²) >= 11 is 6.43. The van der Waals surface area contributed by atoms with E-state index in [1.807, 2.05) is 18.2 Å². The molecule has 1 fully saturated rings. The summed E-state index contributed by atoms with van der Waals surface area (Å²) in [4.78, 5) is 38.6. The average Bonchev–Trinajstić information content (AvgIpc) is 3.02. The summed E-state index contributed by atoms with van der Waals surface area (Å²) in [6.45, 7) is 1.80. The van der Waals surface area contributed by atoms with Crippen LogP contribution in [0, 0.1) is 0 Å². The fourth-order valence-electron chi connectivity index (χ4n) is 2.81. The minimum Gasteiger partial charge on any atom is -0.496 e. The summed E-state index contributed by atoms with van der Waals surface area (Å²) < 4.78 is 10.5. The predicted octanol–water partition coefficient (Wildman–Crippen LogP) is 3.71. The number of esters is 1. The van der Waals surface area contributed by atoms with E-state index >= 15 is 0 Å². The lowest BCUT2D eigenvalue weighted by Gasteiger charge is -2.14. The Morgan fingerprint density at radius 3 is 2.55 bits per heavy atom. The number of hydrogen-bond acceptors (Lipinski definition) is 7. The molecule has 0 bridgehead atoms. The number of rotatable bonds is 7. The molecule has 0 aliphatic carbocycles. The third kappa shape index (κ3) is 5.50. The highest BCUT2D eigenvalue weighted by molar-refractivity contribution is 8.26. The number of thioether (sulfide) groups is 1. The standard InChI is InChI=1S/C22H20N2O5S2/c1-3-29-21(27)14-8-10-16(11-9-14)23-19(25)13-24-20(26)18(31-22(24)30)12-15-6-4-5-7-17(15)28-2/h4-12H,3,13H2,1-2H3,(H,23,25). The van der Waals surface area contributed by atoms with Gasteiger partial charge in [-0.2, -0.15) is 0 Å². The second kappa shape index (κ2) is 10.2. The third-order valence-corrected chi connectivity index (χ3v) is 5.66. The molecule has 160 valence electrons. The van der Waals surface area contributed by atoms with Crippen molar-refractivity contribution in [2.75, 3.05) is 25.6 Å². The van der Waals surface area contributed by atoms with Crippen molar-refractivity contribution in [3.63, 3.8) is 0 Å². The van der Waals surface area contributed by atoms with Gasteiger partial charge in [-0.3, -0.25) is 14.5 Å². The number of nitrogens with one attached hydrogen (secondary N) is 1. The summed E-state index contributed by atoms with van der Waals surface area (Å²) in [6, 6.07) is 13.6. The molecule has 9 heteroatoms. The summed E-state index contributed by atoms with van der Waals surface area (Å²) in [5.41, 5.74) is 1.63. The minimum atomic E-state index is -0.431. The van der Waals surface area contributed by atoms with Gasteiger partial charge in [0, 0.05) is 11.3 Å². The molecular formula is C22H20N2O5S2. The second-order valence-electron chi connectivity index (χ2n) is 6.36. The van der Waals surface area contributed by atoms with Gasteiger partial charge < -0.3 is 14.8 Å². The Kier molecular flexibility index (Phi) is 7.43. The SMILES string of the molecule is CCOC(=O)c1ccc(NC(=O)CN2C(=O)C(=Cc3ccccc3OC)SC2=S)cc1. The van der Waals surface area contributed by atoms with Crippen LogP contribution in [0.1, 0.15) is 22.8 Å². The molecule has 0 radical (unpaired) electrons. The van der Waals surface area contributed by atoms with Crippen LogP contribution in [0.4, 0.5) is 5.69 Å². The molecule has 1 saturated heterocycles. The number of hydrogen-bond donors (Lipinski definition) is 1. The normalized spacial score (nSPS) is 14.6. The second-order valence-corrected chi connectivity index (χ2v) is 8.03. The number of nitrogens with zero attached hydrogens (tertiary/aromatic N) is 1. The van der Waals surface area contributed by atoms with Crippen LogP contribution in [0.3, 0.4) is 0 Å². The van der Waals surface area contributed by atoms with Gasteiger partial charge in [0.1, 0.15) is 16.6 Å². The largest absolute Gasteiger partial charge is 0.496 e. The number of benzene rings is 2. The first-order valence-electron chi connectivity index (χ1n) is 9.38. The molecule has 0 saturated carbocycles. The zero-order valence-corrected chi connectivity index (χ0v) is 18.5. The molecule has 2 aromatic rings. The first-order chi connectivity index (χ1) is 14.9. The molecule has 3 rings (SSSR count). The quantitative estimate of drug-likeness (QED) is 0.386. The monoisotopic (exact) mass is 456 g/mol. The van der Waals surface area contributed by atoms with Gasteiger partial charge in [-0.15, -0.1) is 0 Å². The summed E-state index contributed by atoms with van der Waals surface area (Å²) in [5.74, 6) is -0.538. The number of ether oxygens (including phenoxy) is 2. The van der Waals surface area contributed by atoms with E-state index in [-0.39, 0.29) is 19.1 Å². The number of methoxy groups -OCH3 is 1. The van der Waals surface area contributed by atoms with Gasteiger partial charge in [0.15, 0.2) is 0 Å². The molecule has 1 aliphatic heterocycles. The van der Waals surface area contributed by atoms with E-state index in [1.165, 1.54) is 4.90 Å². The van der Waals surface area contributed by atoms with Crippen molar-refractivity contribution < 1.29 is 23.9 Å². The average molecular weight is 457 g/mol. The van der Waals surface area contributed by atoms with Gasteiger partial charge in [0.25, 0.3) is 5.91 Å². The first kappa shape index (κ1) is 22.5. The van der Waals surface area contributed by atoms with Gasteiger partial charge in [-0.1, -0.05) is 42.2 Å². The van der Waals surface area contributed by atoms with Gasteiger partial charge in [0.2, 0.25) is 5.91 Å². The van der Waals surface area contributed by atoms with Crippen LogP contribution in [-0.2, 0) is 14.3 Å². The zero-order valence-electron chi connectivity index (χ0n) is 16.9. The van der Waals surface area contributed by atoms with Crippen LogP contribution in [0.25, 0.3) is 6.08 Å². The van der Waals surface area contributed by atoms with E-state index in [2.05, 4.69) is 5.32 Å². The molecule has 2 amide bonds. The fourth-order valence-corrected chi connectivity index (χ4v) is 4.06. The van der Waals surface area contributed by atoms with Crippen LogP contribution in [0.2, 0.25) is 0 Å². The molecule has 0 aromatic heterocycles. The number of carbonyl (C=O) groups is 3. The van der Waals surface area contributed by atoms with Crippen molar-refractivity contribution in [2.45, 2.75) is 6.92 Å². The van der Waals surface area contributed by atoms with Crippen molar-refractivity contribution >= 4 is 57.8 Å². The highest BCUT2D eigenvalue weighted by atomic mass is 32.2. The van der Waals surface area contributed by atoms with E-state index < -0.39 is 11.9 Å². The van der Waals surface area contributed by atoms with Crippen molar-refractivity contribution in [1.29, 1.82) is 0 Å². The maximum absolute atomic E-state index is 12.8. The lowest BCUT2D eigenvalue weighted by Crippen LogP contribution is -2.36. The molecule has 2 aromatic carbocycles. The Balaban J connectivity index is 1.65. The Bertz CT molecular complexity index is 1050. The van der Waals surface area contributed by atoms with Crippen LogP contribution in [-0.4, -0.2) is 47.3 Å². The highest BCUT2D eigenvalue weighted by Gasteiger charge is 2.33. The van der Waals surface area contributed by atoms with Crippen LogP contribution >= 0.6 is 24.0 Å². The third-order valence-electron chi connectivity index (χ3n) is 4.28. The lowest BCUT2D eigenvalue weighted by molar-refractivity contribution is -0.126. The van der Waals surface area contributed by atoms with E-state index in [4.69, 9.17) is 21.7 Å². The maximum Gasteiger partial charge on any atom is 0.338 e. The summed E-state index contributed by atoms with van der Waals surface area (Å²) in [7, 11) is 1.56. The molecule has 0 unspecified atom stereocenters. The van der Waals surface area contributed by atoms with Crippen LogP contribution < -0.4 is 10.1 Å². The number of para-hydroxylation sites is 1. The molecule has 1 heterocycles. The summed E-state index contributed by atoms with van der Waals surface area (Å²) in [6.07, 6.45) is 1.70. The van der Waals surface area contributed by atoms with Gasteiger partial charge in [0.05, 0.1) is 24.2 Å². The molecule has 7 nitrogen and oxygen atoms in total. The van der Waals surface area contributed by atoms with Crippen LogP contribution in [0.5, 0.6) is 5.75 Å². The molecular weight excluding hydrogens is 436 g/mol. The number of anilines is 1. The van der Waals surface area contributed by atoms with Crippen molar-refractivity contribution in [3.05, 3.63) is 64.6 Å². The lowest BCUT2D eigenvalue weighted by atomic mass is 10.2. The topological polar surface area (TPSA) is 84.9 Å². The molecule has 1 aliphatic rings. The van der Waals surface area contributed by atoms with E-state index in [0.717, 1.165) is 17.3 Å². The van der Waals surface area contributed by atoms with E-state index in [9.17, 15) is 14.4 Å². The Morgan fingerprint density at radius 1 is 1.16 bits per heavy atom. The molecule has 0 atom stereocenters. The Labute approximate surface area is 189 Å². The van der Waals surface area contributed by atoms with Gasteiger partial charge in [-0.05, 0) is 43.3 Å². The number of thiocarbonyl (C=S) groups is 1.